The van der Waals surface area contributed by atoms with Crippen molar-refractivity contribution in [3.63, 3.8) is 0 Å². The predicted molar refractivity (Wildman–Crippen MR) is 98.2 cm³/mol. The van der Waals surface area contributed by atoms with Gasteiger partial charge in [0.1, 0.15) is 0 Å². The molecule has 0 atom stereocenters. The first-order valence-corrected chi connectivity index (χ1v) is 8.57. The van der Waals surface area contributed by atoms with Crippen molar-refractivity contribution in [1.82, 2.24) is 10.2 Å². The maximum Gasteiger partial charge on any atom is 0.322 e. The van der Waals surface area contributed by atoms with Crippen LogP contribution >= 0.6 is 0 Å². The van der Waals surface area contributed by atoms with Crippen LogP contribution in [0.25, 0.3) is 0 Å². The molecule has 1 fully saturated rings. The van der Waals surface area contributed by atoms with Gasteiger partial charge in [0.2, 0.25) is 5.91 Å². The van der Waals surface area contributed by atoms with Crippen molar-refractivity contribution in [2.45, 2.75) is 31.8 Å². The van der Waals surface area contributed by atoms with Crippen LogP contribution in [0.2, 0.25) is 0 Å². The molecule has 3 rings (SSSR count). The number of nitrogens with zero attached hydrogens (tertiary/aromatic N) is 1. The highest BCUT2D eigenvalue weighted by molar-refractivity contribution is 5.89. The minimum absolute atomic E-state index is 0.0282. The monoisotopic (exact) mass is 337 g/mol. The molecular formula is C20H23N3O2. The lowest BCUT2D eigenvalue weighted by Gasteiger charge is -2.23. The van der Waals surface area contributed by atoms with Gasteiger partial charge in [0, 0.05) is 25.3 Å². The topological polar surface area (TPSA) is 61.4 Å². The molecule has 0 spiro atoms. The quantitative estimate of drug-likeness (QED) is 0.850. The van der Waals surface area contributed by atoms with E-state index in [-0.39, 0.29) is 11.9 Å². The Labute approximate surface area is 148 Å². The summed E-state index contributed by atoms with van der Waals surface area (Å²) < 4.78 is 0. The summed E-state index contributed by atoms with van der Waals surface area (Å²) >= 11 is 0. The second-order valence-electron chi connectivity index (χ2n) is 6.32. The van der Waals surface area contributed by atoms with Crippen LogP contribution < -0.4 is 10.6 Å². The standard InChI is InChI=1S/C20H23N3O2/c1-21-19(24)13-15-7-9-17(10-8-15)22-20(25)23(18-11-12-18)14-16-5-3-2-4-6-16/h2-10,18H,11-14H2,1H3,(H,21,24)(H,22,25). The molecule has 0 saturated heterocycles. The number of hydrogen-bond acceptors (Lipinski definition) is 2. The molecule has 5 heteroatoms. The summed E-state index contributed by atoms with van der Waals surface area (Å²) in [7, 11) is 1.62. The van der Waals surface area contributed by atoms with Gasteiger partial charge in [-0.25, -0.2) is 4.79 Å². The number of anilines is 1. The third-order valence-electron chi connectivity index (χ3n) is 4.29. The predicted octanol–water partition coefficient (Wildman–Crippen LogP) is 3.17. The fraction of sp³-hybridized carbons (Fsp3) is 0.300. The summed E-state index contributed by atoms with van der Waals surface area (Å²) in [6, 6.07) is 17.7. The number of hydrogen-bond donors (Lipinski definition) is 2. The fourth-order valence-corrected chi connectivity index (χ4v) is 2.71. The Kier molecular flexibility index (Phi) is 5.33. The van der Waals surface area contributed by atoms with Gasteiger partial charge in [0.15, 0.2) is 0 Å². The van der Waals surface area contributed by atoms with Crippen LogP contribution in [0, 0.1) is 0 Å². The van der Waals surface area contributed by atoms with Crippen LogP contribution in [0.4, 0.5) is 10.5 Å². The number of benzene rings is 2. The first-order valence-electron chi connectivity index (χ1n) is 8.57. The number of amides is 3. The molecular weight excluding hydrogens is 314 g/mol. The molecule has 0 aromatic heterocycles. The zero-order valence-electron chi connectivity index (χ0n) is 14.4. The van der Waals surface area contributed by atoms with Crippen LogP contribution in [0.3, 0.4) is 0 Å². The summed E-state index contributed by atoms with van der Waals surface area (Å²) in [5.41, 5.74) is 2.79. The molecule has 0 bridgehead atoms. The molecule has 0 radical (unpaired) electrons. The van der Waals surface area contributed by atoms with Crippen LogP contribution in [-0.4, -0.2) is 29.9 Å². The van der Waals surface area contributed by atoms with Gasteiger partial charge in [-0.05, 0) is 36.1 Å². The van der Waals surface area contributed by atoms with Crippen molar-refractivity contribution in [1.29, 1.82) is 0 Å². The van der Waals surface area contributed by atoms with E-state index in [1.165, 1.54) is 0 Å². The average Bonchev–Trinajstić information content (AvgIpc) is 3.47. The third-order valence-corrected chi connectivity index (χ3v) is 4.29. The Hall–Kier alpha value is -2.82. The van der Waals surface area contributed by atoms with E-state index in [9.17, 15) is 9.59 Å². The van der Waals surface area contributed by atoms with Crippen LogP contribution in [0.1, 0.15) is 24.0 Å². The summed E-state index contributed by atoms with van der Waals surface area (Å²) in [6.45, 7) is 0.617. The fourth-order valence-electron chi connectivity index (χ4n) is 2.71. The zero-order chi connectivity index (χ0) is 17.6. The zero-order valence-corrected chi connectivity index (χ0v) is 14.4. The molecule has 2 aromatic rings. The summed E-state index contributed by atoms with van der Waals surface area (Å²) in [6.07, 6.45) is 2.46. The van der Waals surface area contributed by atoms with Gasteiger partial charge in [-0.1, -0.05) is 42.5 Å². The minimum Gasteiger partial charge on any atom is -0.359 e. The van der Waals surface area contributed by atoms with Crippen molar-refractivity contribution in [2.24, 2.45) is 0 Å². The van der Waals surface area contributed by atoms with E-state index >= 15 is 0 Å². The highest BCUT2D eigenvalue weighted by Gasteiger charge is 2.32. The Balaban J connectivity index is 1.62. The van der Waals surface area contributed by atoms with Gasteiger partial charge >= 0.3 is 6.03 Å². The number of carbonyl (C=O) groups excluding carboxylic acids is 2. The molecule has 1 saturated carbocycles. The van der Waals surface area contributed by atoms with Crippen LogP contribution in [0.15, 0.2) is 54.6 Å². The van der Waals surface area contributed by atoms with E-state index in [4.69, 9.17) is 0 Å². The second kappa shape index (κ2) is 7.83. The van der Waals surface area contributed by atoms with Crippen molar-refractivity contribution in [2.75, 3.05) is 12.4 Å². The molecule has 1 aliphatic carbocycles. The Morgan fingerprint density at radius 1 is 1.00 bits per heavy atom. The van der Waals surface area contributed by atoms with E-state index in [0.717, 1.165) is 29.7 Å². The Bertz CT molecular complexity index is 724. The second-order valence-corrected chi connectivity index (χ2v) is 6.32. The lowest BCUT2D eigenvalue weighted by atomic mass is 10.1. The van der Waals surface area contributed by atoms with Gasteiger partial charge in [0.25, 0.3) is 0 Å². The number of carbonyl (C=O) groups is 2. The lowest BCUT2D eigenvalue weighted by Crippen LogP contribution is -2.36. The molecule has 1 aliphatic rings. The van der Waals surface area contributed by atoms with Crippen LogP contribution in [-0.2, 0) is 17.8 Å². The minimum atomic E-state index is -0.0783. The van der Waals surface area contributed by atoms with Gasteiger partial charge in [-0.3, -0.25) is 4.79 Å². The SMILES string of the molecule is CNC(=O)Cc1ccc(NC(=O)N(Cc2ccccc2)C2CC2)cc1. The molecule has 3 amide bonds. The molecule has 0 unspecified atom stereocenters. The average molecular weight is 337 g/mol. The summed E-state index contributed by atoms with van der Waals surface area (Å²) in [4.78, 5) is 26.0. The number of likely N-dealkylation sites (N-methyl/N-ethyl adjacent to an activating group) is 1. The normalized spacial score (nSPS) is 13.2. The van der Waals surface area contributed by atoms with E-state index in [2.05, 4.69) is 10.6 Å². The Morgan fingerprint density at radius 3 is 2.28 bits per heavy atom. The van der Waals surface area contributed by atoms with E-state index in [1.807, 2.05) is 59.5 Å². The molecule has 2 N–H and O–H groups in total. The number of nitrogens with one attached hydrogen (secondary N) is 2. The Morgan fingerprint density at radius 2 is 1.68 bits per heavy atom. The first-order chi connectivity index (χ1) is 12.2. The highest BCUT2D eigenvalue weighted by Crippen LogP contribution is 2.29. The van der Waals surface area contributed by atoms with Crippen molar-refractivity contribution < 1.29 is 9.59 Å². The maximum absolute atomic E-state index is 12.7. The third kappa shape index (κ3) is 4.83. The molecule has 25 heavy (non-hydrogen) atoms. The van der Waals surface area contributed by atoms with Gasteiger partial charge in [-0.2, -0.15) is 0 Å². The molecule has 2 aromatic carbocycles. The van der Waals surface area contributed by atoms with E-state index in [1.54, 1.807) is 7.05 Å². The number of rotatable bonds is 6. The van der Waals surface area contributed by atoms with Gasteiger partial charge in [0.05, 0.1) is 6.42 Å². The van der Waals surface area contributed by atoms with Gasteiger partial charge < -0.3 is 15.5 Å². The number of urea groups is 1. The van der Waals surface area contributed by atoms with E-state index < -0.39 is 0 Å². The van der Waals surface area contributed by atoms with Gasteiger partial charge in [-0.15, -0.1) is 0 Å². The molecule has 0 heterocycles. The smallest absolute Gasteiger partial charge is 0.322 e. The van der Waals surface area contributed by atoms with Crippen molar-refractivity contribution in [3.8, 4) is 0 Å². The molecule has 5 nitrogen and oxygen atoms in total. The van der Waals surface area contributed by atoms with Crippen LogP contribution in [0.5, 0.6) is 0 Å². The van der Waals surface area contributed by atoms with E-state index in [0.29, 0.717) is 19.0 Å². The molecule has 0 aliphatic heterocycles. The largest absolute Gasteiger partial charge is 0.359 e. The highest BCUT2D eigenvalue weighted by atomic mass is 16.2. The summed E-state index contributed by atoms with van der Waals surface area (Å²) in [5, 5.41) is 5.57. The van der Waals surface area contributed by atoms with Crippen molar-refractivity contribution >= 4 is 17.6 Å². The molecule has 130 valence electrons. The first kappa shape index (κ1) is 17.0. The maximum atomic E-state index is 12.7. The summed E-state index contributed by atoms with van der Waals surface area (Å²) in [5.74, 6) is -0.0282. The lowest BCUT2D eigenvalue weighted by molar-refractivity contribution is -0.119. The van der Waals surface area contributed by atoms with Crippen molar-refractivity contribution in [3.05, 3.63) is 65.7 Å².